The van der Waals surface area contributed by atoms with Crippen LogP contribution in [0.15, 0.2) is 36.0 Å². The Morgan fingerprint density at radius 2 is 1.90 bits per heavy atom. The zero-order valence-electron chi connectivity index (χ0n) is 23.3. The van der Waals surface area contributed by atoms with Gasteiger partial charge in [0.1, 0.15) is 23.9 Å². The standard InChI is InChI=1S/C28H42N2O9/c1-16(7-10-24-27(34)28(15-36-28)14-21(39-24)13-26(33)30-35)6-9-23-17(2)12-22(19(4)38-23)29-25(32)11-8-18(3)37-20(5)31/h6-8,10-11,17-19,21-24,27,34-35H,9,12-15H2,1-5H3,(H,29,32)(H,30,33). The van der Waals surface area contributed by atoms with Crippen LogP contribution < -0.4 is 10.8 Å². The van der Waals surface area contributed by atoms with Gasteiger partial charge >= 0.3 is 5.97 Å². The highest BCUT2D eigenvalue weighted by Crippen LogP contribution is 2.43. The van der Waals surface area contributed by atoms with Crippen molar-refractivity contribution in [3.8, 4) is 0 Å². The summed E-state index contributed by atoms with van der Waals surface area (Å²) in [5.41, 5.74) is 1.89. The summed E-state index contributed by atoms with van der Waals surface area (Å²) in [6, 6.07) is -0.134. The summed E-state index contributed by atoms with van der Waals surface area (Å²) in [4.78, 5) is 34.9. The van der Waals surface area contributed by atoms with Crippen LogP contribution in [0, 0.1) is 5.92 Å². The minimum absolute atomic E-state index is 0.0166. The van der Waals surface area contributed by atoms with Gasteiger partial charge in [-0.15, -0.1) is 0 Å². The fourth-order valence-corrected chi connectivity index (χ4v) is 5.14. The fraction of sp³-hybridized carbons (Fsp3) is 0.679. The lowest BCUT2D eigenvalue weighted by Crippen LogP contribution is -2.50. The molecule has 0 saturated carbocycles. The third-order valence-electron chi connectivity index (χ3n) is 7.46. The number of carbonyl (C=O) groups excluding carboxylic acids is 3. The van der Waals surface area contributed by atoms with Crippen LogP contribution in [0.3, 0.4) is 0 Å². The summed E-state index contributed by atoms with van der Waals surface area (Å²) in [5, 5.41) is 22.5. The van der Waals surface area contributed by atoms with Crippen molar-refractivity contribution >= 4 is 17.8 Å². The number of aliphatic hydroxyl groups excluding tert-OH is 1. The Balaban J connectivity index is 1.50. The number of allylic oxidation sites excluding steroid dienone is 2. The van der Waals surface area contributed by atoms with Crippen LogP contribution in [-0.4, -0.2) is 83.0 Å². The van der Waals surface area contributed by atoms with Crippen molar-refractivity contribution in [3.05, 3.63) is 36.0 Å². The number of hydroxylamine groups is 1. The van der Waals surface area contributed by atoms with E-state index in [4.69, 9.17) is 24.2 Å². The number of epoxide rings is 1. The van der Waals surface area contributed by atoms with Gasteiger partial charge < -0.3 is 29.4 Å². The second-order valence-corrected chi connectivity index (χ2v) is 10.9. The number of hydrogen-bond donors (Lipinski definition) is 4. The SMILES string of the molecule is CC(=O)OC(C)C=CC(=O)NC1CC(C)C(CC=C(C)C=CC2OC(CC(=O)NO)CC3(CO3)C2O)OC1C. The summed E-state index contributed by atoms with van der Waals surface area (Å²) < 4.78 is 22.7. The van der Waals surface area contributed by atoms with Crippen LogP contribution in [0.25, 0.3) is 0 Å². The molecule has 3 aliphatic rings. The molecule has 2 amide bonds. The maximum Gasteiger partial charge on any atom is 0.303 e. The van der Waals surface area contributed by atoms with E-state index in [2.05, 4.69) is 18.3 Å². The molecule has 0 aliphatic carbocycles. The summed E-state index contributed by atoms with van der Waals surface area (Å²) in [6.45, 7) is 9.41. The van der Waals surface area contributed by atoms with Gasteiger partial charge in [-0.25, -0.2) is 5.48 Å². The number of nitrogens with one attached hydrogen (secondary N) is 2. The van der Waals surface area contributed by atoms with Crippen molar-refractivity contribution in [2.75, 3.05) is 6.61 Å². The molecule has 0 aromatic carbocycles. The van der Waals surface area contributed by atoms with Gasteiger partial charge in [0.2, 0.25) is 11.8 Å². The molecular formula is C28H42N2O9. The molecule has 0 radical (unpaired) electrons. The third-order valence-corrected chi connectivity index (χ3v) is 7.46. The normalized spacial score (nSPS) is 35.7. The molecule has 39 heavy (non-hydrogen) atoms. The quantitative estimate of drug-likeness (QED) is 0.0796. The Hall–Kier alpha value is -2.57. The molecule has 9 unspecified atom stereocenters. The molecule has 218 valence electrons. The number of aliphatic hydroxyl groups is 1. The lowest BCUT2D eigenvalue weighted by atomic mass is 9.87. The van der Waals surface area contributed by atoms with Crippen LogP contribution >= 0.6 is 0 Å². The summed E-state index contributed by atoms with van der Waals surface area (Å²) in [5.74, 6) is -1.00. The Morgan fingerprint density at radius 3 is 2.54 bits per heavy atom. The molecule has 11 heteroatoms. The number of rotatable bonds is 10. The van der Waals surface area contributed by atoms with Gasteiger partial charge in [0.25, 0.3) is 0 Å². The highest BCUT2D eigenvalue weighted by molar-refractivity contribution is 5.87. The maximum absolute atomic E-state index is 12.3. The first kappa shape index (κ1) is 31.0. The molecular weight excluding hydrogens is 508 g/mol. The molecule has 1 spiro atoms. The van der Waals surface area contributed by atoms with Crippen molar-refractivity contribution in [3.63, 3.8) is 0 Å². The highest BCUT2D eigenvalue weighted by atomic mass is 16.6. The molecule has 3 fully saturated rings. The van der Waals surface area contributed by atoms with Crippen LogP contribution in [0.5, 0.6) is 0 Å². The summed E-state index contributed by atoms with van der Waals surface area (Å²) >= 11 is 0. The molecule has 0 aromatic rings. The predicted octanol–water partition coefficient (Wildman–Crippen LogP) is 1.87. The smallest absolute Gasteiger partial charge is 0.303 e. The van der Waals surface area contributed by atoms with Crippen molar-refractivity contribution in [2.45, 2.75) is 109 Å². The van der Waals surface area contributed by atoms with Gasteiger partial charge in [-0.3, -0.25) is 19.6 Å². The minimum Gasteiger partial charge on any atom is -0.459 e. The van der Waals surface area contributed by atoms with E-state index in [-0.39, 0.29) is 36.5 Å². The van der Waals surface area contributed by atoms with Crippen LogP contribution in [0.2, 0.25) is 0 Å². The molecule has 3 aliphatic heterocycles. The monoisotopic (exact) mass is 550 g/mol. The molecule has 3 heterocycles. The summed E-state index contributed by atoms with van der Waals surface area (Å²) in [7, 11) is 0. The average molecular weight is 551 g/mol. The van der Waals surface area contributed by atoms with Crippen molar-refractivity contribution in [1.29, 1.82) is 0 Å². The maximum atomic E-state index is 12.3. The Bertz CT molecular complexity index is 974. The number of hydrogen-bond acceptors (Lipinski definition) is 9. The number of ether oxygens (including phenoxy) is 4. The van der Waals surface area contributed by atoms with E-state index >= 15 is 0 Å². The van der Waals surface area contributed by atoms with Gasteiger partial charge in [-0.05, 0) is 45.6 Å². The van der Waals surface area contributed by atoms with Gasteiger partial charge in [0.05, 0.1) is 37.4 Å². The van der Waals surface area contributed by atoms with Crippen LogP contribution in [0.4, 0.5) is 0 Å². The van der Waals surface area contributed by atoms with Gasteiger partial charge in [0, 0.05) is 19.4 Å². The predicted molar refractivity (Wildman–Crippen MR) is 140 cm³/mol. The molecule has 3 rings (SSSR count). The second kappa shape index (κ2) is 13.7. The summed E-state index contributed by atoms with van der Waals surface area (Å²) in [6.07, 6.45) is 7.83. The van der Waals surface area contributed by atoms with E-state index < -0.39 is 41.9 Å². The van der Waals surface area contributed by atoms with Crippen LogP contribution in [-0.2, 0) is 33.3 Å². The molecule has 9 atom stereocenters. The molecule has 4 N–H and O–H groups in total. The zero-order valence-corrected chi connectivity index (χ0v) is 23.3. The van der Waals surface area contributed by atoms with E-state index in [1.165, 1.54) is 13.0 Å². The van der Waals surface area contributed by atoms with Gasteiger partial charge in [0.15, 0.2) is 0 Å². The van der Waals surface area contributed by atoms with Gasteiger partial charge in [-0.2, -0.15) is 0 Å². The lowest BCUT2D eigenvalue weighted by Gasteiger charge is -2.39. The van der Waals surface area contributed by atoms with Gasteiger partial charge in [-0.1, -0.05) is 30.7 Å². The number of esters is 1. The topological polar surface area (TPSA) is 156 Å². The number of amides is 2. The first-order valence-electron chi connectivity index (χ1n) is 13.5. The Labute approximate surface area is 229 Å². The molecule has 0 bridgehead atoms. The largest absolute Gasteiger partial charge is 0.459 e. The highest BCUT2D eigenvalue weighted by Gasteiger charge is 2.58. The van der Waals surface area contributed by atoms with E-state index in [0.717, 1.165) is 12.0 Å². The number of carbonyl (C=O) groups is 3. The van der Waals surface area contributed by atoms with Crippen molar-refractivity contribution in [1.82, 2.24) is 10.8 Å². The van der Waals surface area contributed by atoms with Crippen LogP contribution in [0.1, 0.15) is 60.3 Å². The van der Waals surface area contributed by atoms with E-state index in [0.29, 0.717) is 19.4 Å². The van der Waals surface area contributed by atoms with E-state index in [1.807, 2.05) is 19.9 Å². The lowest BCUT2D eigenvalue weighted by molar-refractivity contribution is -0.149. The molecule has 11 nitrogen and oxygen atoms in total. The third kappa shape index (κ3) is 8.97. The second-order valence-electron chi connectivity index (χ2n) is 10.9. The Kier molecular flexibility index (Phi) is 10.9. The Morgan fingerprint density at radius 1 is 1.18 bits per heavy atom. The fourth-order valence-electron chi connectivity index (χ4n) is 5.14. The first-order chi connectivity index (χ1) is 18.4. The van der Waals surface area contributed by atoms with Crippen molar-refractivity contribution < 1.29 is 43.6 Å². The van der Waals surface area contributed by atoms with Crippen molar-refractivity contribution in [2.24, 2.45) is 5.92 Å². The first-order valence-corrected chi connectivity index (χ1v) is 13.5. The minimum atomic E-state index is -0.843. The average Bonchev–Trinajstić information content (AvgIpc) is 3.64. The zero-order chi connectivity index (χ0) is 28.7. The van der Waals surface area contributed by atoms with E-state index in [9.17, 15) is 19.5 Å². The van der Waals surface area contributed by atoms with E-state index in [1.54, 1.807) is 24.6 Å². The molecule has 3 saturated heterocycles. The molecule has 0 aromatic heterocycles.